The molecule has 3 rings (SSSR count). The third-order valence-electron chi connectivity index (χ3n) is 7.75. The van der Waals surface area contributed by atoms with Crippen LogP contribution in [-0.2, 0) is 4.74 Å². The Balaban J connectivity index is 1.35. The van der Waals surface area contributed by atoms with Gasteiger partial charge in [0, 0.05) is 0 Å². The number of rotatable bonds is 6. The third-order valence-corrected chi connectivity index (χ3v) is 7.75. The van der Waals surface area contributed by atoms with Gasteiger partial charge in [-0.2, -0.15) is 8.78 Å². The first-order chi connectivity index (χ1) is 12.2. The highest BCUT2D eigenvalue weighted by atomic mass is 19.3. The summed E-state index contributed by atoms with van der Waals surface area (Å²) in [6, 6.07) is 0. The van der Waals surface area contributed by atoms with Crippen LogP contribution in [0.1, 0.15) is 96.8 Å². The molecule has 25 heavy (non-hydrogen) atoms. The Morgan fingerprint density at radius 1 is 0.680 bits per heavy atom. The van der Waals surface area contributed by atoms with Crippen molar-refractivity contribution in [2.45, 2.75) is 110 Å². The summed E-state index contributed by atoms with van der Waals surface area (Å²) in [6.45, 7) is -0.273. The summed E-state index contributed by atoms with van der Waals surface area (Å²) in [5.74, 6) is 4.64. The Morgan fingerprint density at radius 3 is 1.48 bits per heavy atom. The number of ether oxygens (including phenoxy) is 1. The van der Waals surface area contributed by atoms with Gasteiger partial charge in [0.2, 0.25) is 0 Å². The van der Waals surface area contributed by atoms with Crippen LogP contribution < -0.4 is 0 Å². The molecule has 0 aliphatic heterocycles. The Kier molecular flexibility index (Phi) is 7.57. The van der Waals surface area contributed by atoms with Gasteiger partial charge in [0.05, 0.1) is 6.10 Å². The van der Waals surface area contributed by atoms with E-state index >= 15 is 0 Å². The molecular formula is C22H38F2O. The maximum atomic E-state index is 12.3. The maximum absolute atomic E-state index is 12.3. The van der Waals surface area contributed by atoms with E-state index < -0.39 is 6.61 Å². The molecule has 0 amide bonds. The fourth-order valence-corrected chi connectivity index (χ4v) is 6.29. The highest BCUT2D eigenvalue weighted by Crippen LogP contribution is 2.45. The Hall–Kier alpha value is -0.180. The second-order valence-electron chi connectivity index (χ2n) is 9.18. The summed E-state index contributed by atoms with van der Waals surface area (Å²) in [4.78, 5) is 0. The van der Waals surface area contributed by atoms with Gasteiger partial charge in [0.1, 0.15) is 0 Å². The van der Waals surface area contributed by atoms with E-state index in [1.807, 2.05) is 0 Å². The van der Waals surface area contributed by atoms with Gasteiger partial charge >= 0.3 is 6.61 Å². The van der Waals surface area contributed by atoms with E-state index in [1.165, 1.54) is 64.2 Å². The molecule has 0 heterocycles. The fourth-order valence-electron chi connectivity index (χ4n) is 6.29. The summed E-state index contributed by atoms with van der Waals surface area (Å²) >= 11 is 0. The third kappa shape index (κ3) is 5.65. The van der Waals surface area contributed by atoms with E-state index in [9.17, 15) is 8.78 Å². The zero-order chi connectivity index (χ0) is 17.6. The largest absolute Gasteiger partial charge is 0.345 e. The van der Waals surface area contributed by atoms with E-state index in [0.717, 1.165) is 55.3 Å². The number of hydrogen-bond donors (Lipinski definition) is 0. The molecule has 3 heteroatoms. The summed E-state index contributed by atoms with van der Waals surface area (Å²) in [6.07, 6.45) is 18.1. The molecule has 0 bridgehead atoms. The zero-order valence-electron chi connectivity index (χ0n) is 16.1. The molecule has 1 nitrogen and oxygen atoms in total. The molecule has 146 valence electrons. The van der Waals surface area contributed by atoms with Crippen LogP contribution in [0.2, 0.25) is 0 Å². The van der Waals surface area contributed by atoms with Crippen LogP contribution in [0.5, 0.6) is 0 Å². The lowest BCUT2D eigenvalue weighted by Crippen LogP contribution is -2.31. The Bertz CT molecular complexity index is 362. The molecular weight excluding hydrogens is 318 g/mol. The highest BCUT2D eigenvalue weighted by Gasteiger charge is 2.35. The first-order valence-corrected chi connectivity index (χ1v) is 11.1. The second kappa shape index (κ2) is 9.67. The molecule has 0 N–H and O–H groups in total. The van der Waals surface area contributed by atoms with Crippen molar-refractivity contribution in [3.8, 4) is 0 Å². The fraction of sp³-hybridized carbons (Fsp3) is 1.00. The van der Waals surface area contributed by atoms with Gasteiger partial charge in [-0.05, 0) is 93.8 Å². The lowest BCUT2D eigenvalue weighted by molar-refractivity contribution is -0.172. The van der Waals surface area contributed by atoms with Crippen molar-refractivity contribution in [2.75, 3.05) is 0 Å². The van der Waals surface area contributed by atoms with Crippen LogP contribution in [0.3, 0.4) is 0 Å². The average molecular weight is 357 g/mol. The lowest BCUT2D eigenvalue weighted by atomic mass is 9.65. The standard InChI is InChI=1S/C22H38F2O/c1-2-3-16-4-6-17(7-5-16)18-8-10-19(11-9-18)20-12-14-21(15-13-20)25-22(23)24/h16-22H,2-15H2,1H3. The molecule has 0 aromatic rings. The van der Waals surface area contributed by atoms with Gasteiger partial charge in [-0.15, -0.1) is 0 Å². The lowest BCUT2D eigenvalue weighted by Gasteiger charge is -2.41. The zero-order valence-corrected chi connectivity index (χ0v) is 16.1. The van der Waals surface area contributed by atoms with Gasteiger partial charge in [-0.1, -0.05) is 32.6 Å². The van der Waals surface area contributed by atoms with Gasteiger partial charge in [-0.25, -0.2) is 0 Å². The van der Waals surface area contributed by atoms with Crippen LogP contribution in [0.4, 0.5) is 8.78 Å². The molecule has 0 atom stereocenters. The SMILES string of the molecule is CCCC1CCC(C2CCC(C3CCC(OC(F)F)CC3)CC2)CC1. The van der Waals surface area contributed by atoms with E-state index in [2.05, 4.69) is 6.92 Å². The molecule has 0 aromatic carbocycles. The van der Waals surface area contributed by atoms with Gasteiger partial charge < -0.3 is 4.74 Å². The van der Waals surface area contributed by atoms with Crippen LogP contribution in [0, 0.1) is 29.6 Å². The van der Waals surface area contributed by atoms with E-state index in [4.69, 9.17) is 4.74 Å². The monoisotopic (exact) mass is 356 g/mol. The normalized spacial score (nSPS) is 40.3. The molecule has 3 aliphatic carbocycles. The van der Waals surface area contributed by atoms with Crippen molar-refractivity contribution >= 4 is 0 Å². The van der Waals surface area contributed by atoms with Crippen molar-refractivity contribution in [3.05, 3.63) is 0 Å². The summed E-state index contributed by atoms with van der Waals surface area (Å²) < 4.78 is 29.4. The second-order valence-corrected chi connectivity index (χ2v) is 9.18. The van der Waals surface area contributed by atoms with Crippen molar-refractivity contribution < 1.29 is 13.5 Å². The molecule has 0 spiro atoms. The summed E-state index contributed by atoms with van der Waals surface area (Å²) in [5.41, 5.74) is 0. The maximum Gasteiger partial charge on any atom is 0.345 e. The van der Waals surface area contributed by atoms with Crippen molar-refractivity contribution in [2.24, 2.45) is 29.6 Å². The Labute approximate surface area is 153 Å². The van der Waals surface area contributed by atoms with Crippen LogP contribution >= 0.6 is 0 Å². The number of alkyl halides is 2. The molecule has 3 fully saturated rings. The molecule has 0 unspecified atom stereocenters. The molecule has 3 saturated carbocycles. The van der Waals surface area contributed by atoms with Gasteiger partial charge in [0.25, 0.3) is 0 Å². The van der Waals surface area contributed by atoms with Gasteiger partial charge in [0.15, 0.2) is 0 Å². The minimum Gasteiger partial charge on any atom is -0.320 e. The smallest absolute Gasteiger partial charge is 0.320 e. The minimum absolute atomic E-state index is 0.189. The van der Waals surface area contributed by atoms with E-state index in [0.29, 0.717) is 0 Å². The number of halogens is 2. The molecule has 0 saturated heterocycles. The summed E-state index contributed by atoms with van der Waals surface area (Å²) in [5, 5.41) is 0. The predicted molar refractivity (Wildman–Crippen MR) is 98.6 cm³/mol. The Morgan fingerprint density at radius 2 is 1.08 bits per heavy atom. The first kappa shape index (κ1) is 19.6. The van der Waals surface area contributed by atoms with Crippen LogP contribution in [-0.4, -0.2) is 12.7 Å². The topological polar surface area (TPSA) is 9.23 Å². The van der Waals surface area contributed by atoms with Crippen LogP contribution in [0.15, 0.2) is 0 Å². The van der Waals surface area contributed by atoms with E-state index in [-0.39, 0.29) is 6.10 Å². The molecule has 0 radical (unpaired) electrons. The van der Waals surface area contributed by atoms with Crippen molar-refractivity contribution in [1.29, 1.82) is 0 Å². The highest BCUT2D eigenvalue weighted by molar-refractivity contribution is 4.86. The predicted octanol–water partition coefficient (Wildman–Crippen LogP) is 7.20. The van der Waals surface area contributed by atoms with E-state index in [1.54, 1.807) is 0 Å². The molecule has 3 aliphatic rings. The van der Waals surface area contributed by atoms with Crippen LogP contribution in [0.25, 0.3) is 0 Å². The van der Waals surface area contributed by atoms with Gasteiger partial charge in [-0.3, -0.25) is 0 Å². The molecule has 0 aromatic heterocycles. The average Bonchev–Trinajstić information content (AvgIpc) is 2.63. The summed E-state index contributed by atoms with van der Waals surface area (Å²) in [7, 11) is 0. The first-order valence-electron chi connectivity index (χ1n) is 11.1. The number of hydrogen-bond acceptors (Lipinski definition) is 1. The minimum atomic E-state index is -2.59. The quantitative estimate of drug-likeness (QED) is 0.489. The van der Waals surface area contributed by atoms with Crippen molar-refractivity contribution in [3.63, 3.8) is 0 Å². The van der Waals surface area contributed by atoms with Crippen molar-refractivity contribution in [1.82, 2.24) is 0 Å².